The van der Waals surface area contributed by atoms with E-state index in [2.05, 4.69) is 22.6 Å². The predicted molar refractivity (Wildman–Crippen MR) is 93.4 cm³/mol. The first-order valence-corrected chi connectivity index (χ1v) is 9.04. The Balaban J connectivity index is 1.47. The van der Waals surface area contributed by atoms with Gasteiger partial charge in [-0.2, -0.15) is 0 Å². The number of carbonyl (C=O) groups is 1. The van der Waals surface area contributed by atoms with Crippen molar-refractivity contribution in [2.45, 2.75) is 69.6 Å². The van der Waals surface area contributed by atoms with Crippen LogP contribution in [-0.4, -0.2) is 42.1 Å². The Bertz CT molecular complexity index is 565. The highest BCUT2D eigenvalue weighted by atomic mass is 19.1. The van der Waals surface area contributed by atoms with Crippen LogP contribution >= 0.6 is 0 Å². The molecule has 2 amide bonds. The van der Waals surface area contributed by atoms with E-state index in [-0.39, 0.29) is 23.9 Å². The number of hydrogen-bond acceptors (Lipinski definition) is 2. The fourth-order valence-electron chi connectivity index (χ4n) is 4.25. The molecule has 3 rings (SSSR count). The summed E-state index contributed by atoms with van der Waals surface area (Å²) in [5, 5.41) is 6.13. The smallest absolute Gasteiger partial charge is 0.315 e. The van der Waals surface area contributed by atoms with E-state index in [1.54, 1.807) is 6.07 Å². The second-order valence-electron chi connectivity index (χ2n) is 7.43. The number of urea groups is 1. The molecule has 2 fully saturated rings. The molecule has 4 nitrogen and oxygen atoms in total. The second kappa shape index (κ2) is 7.51. The van der Waals surface area contributed by atoms with Crippen molar-refractivity contribution >= 4 is 6.03 Å². The molecule has 1 aromatic rings. The Hall–Kier alpha value is -1.62. The van der Waals surface area contributed by atoms with Gasteiger partial charge in [-0.1, -0.05) is 18.6 Å². The van der Waals surface area contributed by atoms with E-state index < -0.39 is 0 Å². The zero-order valence-electron chi connectivity index (χ0n) is 14.6. The van der Waals surface area contributed by atoms with Crippen molar-refractivity contribution in [2.24, 2.45) is 0 Å². The molecule has 132 valence electrons. The average Bonchev–Trinajstić information content (AvgIpc) is 2.48. The van der Waals surface area contributed by atoms with Crippen LogP contribution in [0.2, 0.25) is 0 Å². The van der Waals surface area contributed by atoms with Crippen LogP contribution in [-0.2, 0) is 6.42 Å². The third-order valence-electron chi connectivity index (χ3n) is 5.48. The van der Waals surface area contributed by atoms with Crippen LogP contribution in [0.15, 0.2) is 24.3 Å². The number of rotatable bonds is 4. The van der Waals surface area contributed by atoms with Crippen molar-refractivity contribution in [1.29, 1.82) is 0 Å². The summed E-state index contributed by atoms with van der Waals surface area (Å²) in [4.78, 5) is 14.8. The van der Waals surface area contributed by atoms with Crippen LogP contribution in [0, 0.1) is 5.82 Å². The predicted octanol–water partition coefficient (Wildman–Crippen LogP) is 3.07. The standard InChI is InChI=1S/C19H28FN3O/c1-13(9-14-5-3-6-15(20)10-14)21-19(24)22-16-11-17-7-4-8-18(12-16)23(17)2/h3,5-6,10,13,16-18H,4,7-9,11-12H2,1-2H3,(H2,21,22,24)/t13-,16?,17-,18+/m1/s1. The molecule has 2 bridgehead atoms. The first kappa shape index (κ1) is 17.2. The summed E-state index contributed by atoms with van der Waals surface area (Å²) in [5.74, 6) is -0.234. The number of amides is 2. The first-order chi connectivity index (χ1) is 11.5. The summed E-state index contributed by atoms with van der Waals surface area (Å²) in [6.07, 6.45) is 6.50. The van der Waals surface area contributed by atoms with Gasteiger partial charge in [-0.05, 0) is 63.8 Å². The number of carbonyl (C=O) groups excluding carboxylic acids is 1. The first-order valence-electron chi connectivity index (χ1n) is 9.04. The SMILES string of the molecule is C[C@H](Cc1cccc(F)c1)NC(=O)NC1C[C@H]2CCC[C@@H](C1)N2C. The molecule has 0 radical (unpaired) electrons. The van der Waals surface area contributed by atoms with Crippen molar-refractivity contribution in [1.82, 2.24) is 15.5 Å². The lowest BCUT2D eigenvalue weighted by atomic mass is 9.82. The molecule has 2 saturated heterocycles. The molecule has 2 aliphatic rings. The van der Waals surface area contributed by atoms with Gasteiger partial charge >= 0.3 is 6.03 Å². The van der Waals surface area contributed by atoms with Gasteiger partial charge in [-0.3, -0.25) is 0 Å². The van der Waals surface area contributed by atoms with Gasteiger partial charge in [0.1, 0.15) is 5.82 Å². The number of nitrogens with zero attached hydrogens (tertiary/aromatic N) is 1. The number of fused-ring (bicyclic) bond motifs is 2. The van der Waals surface area contributed by atoms with E-state index in [9.17, 15) is 9.18 Å². The van der Waals surface area contributed by atoms with Crippen LogP contribution in [0.5, 0.6) is 0 Å². The fourth-order valence-corrected chi connectivity index (χ4v) is 4.25. The Labute approximate surface area is 143 Å². The molecule has 0 spiro atoms. The van der Waals surface area contributed by atoms with Crippen molar-refractivity contribution in [3.8, 4) is 0 Å². The normalized spacial score (nSPS) is 28.2. The minimum atomic E-state index is -0.234. The van der Waals surface area contributed by atoms with Gasteiger partial charge < -0.3 is 15.5 Å². The number of benzene rings is 1. The van der Waals surface area contributed by atoms with E-state index in [0.29, 0.717) is 18.5 Å². The number of nitrogens with one attached hydrogen (secondary N) is 2. The van der Waals surface area contributed by atoms with Gasteiger partial charge in [0.15, 0.2) is 0 Å². The Morgan fingerprint density at radius 1 is 1.33 bits per heavy atom. The van der Waals surface area contributed by atoms with Crippen molar-refractivity contribution in [3.63, 3.8) is 0 Å². The Kier molecular flexibility index (Phi) is 5.39. The third-order valence-corrected chi connectivity index (χ3v) is 5.48. The summed E-state index contributed by atoms with van der Waals surface area (Å²) in [7, 11) is 2.21. The Morgan fingerprint density at radius 3 is 2.71 bits per heavy atom. The summed E-state index contributed by atoms with van der Waals surface area (Å²) in [6, 6.07) is 7.88. The summed E-state index contributed by atoms with van der Waals surface area (Å²) < 4.78 is 13.2. The summed E-state index contributed by atoms with van der Waals surface area (Å²) >= 11 is 0. The van der Waals surface area contributed by atoms with Gasteiger partial charge in [-0.15, -0.1) is 0 Å². The molecule has 5 heteroatoms. The highest BCUT2D eigenvalue weighted by molar-refractivity contribution is 5.74. The van der Waals surface area contributed by atoms with Crippen LogP contribution in [0.4, 0.5) is 9.18 Å². The van der Waals surface area contributed by atoms with Crippen molar-refractivity contribution in [2.75, 3.05) is 7.05 Å². The monoisotopic (exact) mass is 333 g/mol. The lowest BCUT2D eigenvalue weighted by molar-refractivity contribution is 0.0508. The minimum absolute atomic E-state index is 0.0300. The highest BCUT2D eigenvalue weighted by Crippen LogP contribution is 2.32. The maximum Gasteiger partial charge on any atom is 0.315 e. The topological polar surface area (TPSA) is 44.4 Å². The molecule has 2 N–H and O–H groups in total. The number of hydrogen-bond donors (Lipinski definition) is 2. The van der Waals surface area contributed by atoms with E-state index in [0.717, 1.165) is 18.4 Å². The quantitative estimate of drug-likeness (QED) is 0.889. The maximum absolute atomic E-state index is 13.2. The largest absolute Gasteiger partial charge is 0.335 e. The van der Waals surface area contributed by atoms with Crippen LogP contribution in [0.25, 0.3) is 0 Å². The minimum Gasteiger partial charge on any atom is -0.335 e. The van der Waals surface area contributed by atoms with Crippen molar-refractivity contribution in [3.05, 3.63) is 35.6 Å². The van der Waals surface area contributed by atoms with Crippen LogP contribution < -0.4 is 10.6 Å². The van der Waals surface area contributed by atoms with Gasteiger partial charge in [0.2, 0.25) is 0 Å². The molecule has 0 saturated carbocycles. The van der Waals surface area contributed by atoms with Gasteiger partial charge in [0.25, 0.3) is 0 Å². The molecular weight excluding hydrogens is 305 g/mol. The second-order valence-corrected chi connectivity index (χ2v) is 7.43. The molecule has 2 heterocycles. The summed E-state index contributed by atoms with van der Waals surface area (Å²) in [6.45, 7) is 1.95. The van der Waals surface area contributed by atoms with E-state index in [4.69, 9.17) is 0 Å². The zero-order chi connectivity index (χ0) is 17.1. The highest BCUT2D eigenvalue weighted by Gasteiger charge is 2.36. The van der Waals surface area contributed by atoms with Gasteiger partial charge in [0.05, 0.1) is 0 Å². The molecule has 0 aliphatic carbocycles. The summed E-state index contributed by atoms with van der Waals surface area (Å²) in [5.41, 5.74) is 0.900. The molecule has 1 unspecified atom stereocenters. The molecule has 24 heavy (non-hydrogen) atoms. The fraction of sp³-hybridized carbons (Fsp3) is 0.632. The van der Waals surface area contributed by atoms with E-state index >= 15 is 0 Å². The maximum atomic E-state index is 13.2. The van der Waals surface area contributed by atoms with Crippen LogP contribution in [0.1, 0.15) is 44.6 Å². The molecule has 0 aromatic heterocycles. The molecule has 1 aromatic carbocycles. The third kappa shape index (κ3) is 4.26. The zero-order valence-corrected chi connectivity index (χ0v) is 14.6. The van der Waals surface area contributed by atoms with E-state index in [1.165, 1.54) is 31.4 Å². The Morgan fingerprint density at radius 2 is 2.04 bits per heavy atom. The lowest BCUT2D eigenvalue weighted by Crippen LogP contribution is -2.57. The van der Waals surface area contributed by atoms with E-state index in [1.807, 2.05) is 13.0 Å². The number of halogens is 1. The molecule has 2 aliphatic heterocycles. The number of piperidine rings is 2. The van der Waals surface area contributed by atoms with Gasteiger partial charge in [0, 0.05) is 24.2 Å². The molecular formula is C19H28FN3O. The molecule has 4 atom stereocenters. The van der Waals surface area contributed by atoms with Crippen LogP contribution in [0.3, 0.4) is 0 Å². The lowest BCUT2D eigenvalue weighted by Gasteiger charge is -2.47. The van der Waals surface area contributed by atoms with Gasteiger partial charge in [-0.25, -0.2) is 9.18 Å². The van der Waals surface area contributed by atoms with Crippen molar-refractivity contribution < 1.29 is 9.18 Å². The average molecular weight is 333 g/mol.